The lowest BCUT2D eigenvalue weighted by atomic mass is 10.2. The van der Waals surface area contributed by atoms with Crippen molar-refractivity contribution in [3.8, 4) is 17.5 Å². The number of aromatic nitrogens is 2. The number of pyridine rings is 1. The lowest BCUT2D eigenvalue weighted by Gasteiger charge is -1.94. The Hall–Kier alpha value is -2.29. The van der Waals surface area contributed by atoms with Crippen molar-refractivity contribution in [3.63, 3.8) is 0 Å². The Kier molecular flexibility index (Phi) is 3.68. The molecule has 0 aromatic carbocycles. The van der Waals surface area contributed by atoms with E-state index in [-0.39, 0.29) is 0 Å². The van der Waals surface area contributed by atoms with Crippen LogP contribution in [0.4, 0.5) is 0 Å². The fourth-order valence-electron chi connectivity index (χ4n) is 1.69. The van der Waals surface area contributed by atoms with Crippen molar-refractivity contribution in [2.24, 2.45) is 0 Å². The summed E-state index contributed by atoms with van der Waals surface area (Å²) in [6.07, 6.45) is 3.60. The van der Waals surface area contributed by atoms with E-state index in [2.05, 4.69) is 16.0 Å². The van der Waals surface area contributed by atoms with Crippen LogP contribution in [0, 0.1) is 11.3 Å². The highest BCUT2D eigenvalue weighted by atomic mass is 32.1. The Morgan fingerprint density at radius 1 is 1.15 bits per heavy atom. The van der Waals surface area contributed by atoms with Crippen molar-refractivity contribution in [1.29, 1.82) is 5.26 Å². The van der Waals surface area contributed by atoms with E-state index in [0.29, 0.717) is 5.57 Å². The van der Waals surface area contributed by atoms with Gasteiger partial charge in [0, 0.05) is 16.5 Å². The first kappa shape index (κ1) is 12.7. The molecule has 0 saturated heterocycles. The van der Waals surface area contributed by atoms with Crippen LogP contribution in [0.3, 0.4) is 0 Å². The number of thiophene rings is 1. The summed E-state index contributed by atoms with van der Waals surface area (Å²) in [4.78, 5) is 9.82. The zero-order chi connectivity index (χ0) is 13.8. The zero-order valence-corrected chi connectivity index (χ0v) is 12.0. The second kappa shape index (κ2) is 5.78. The van der Waals surface area contributed by atoms with E-state index in [0.717, 1.165) is 21.3 Å². The molecule has 5 heteroatoms. The summed E-state index contributed by atoms with van der Waals surface area (Å²) in [5, 5.41) is 13.9. The molecule has 0 atom stereocenters. The van der Waals surface area contributed by atoms with E-state index in [4.69, 9.17) is 0 Å². The SMILES string of the molecule is N#C/C(=C\c1cccs1)c1nc(-c2ccccn2)cs1. The number of thiazole rings is 1. The van der Waals surface area contributed by atoms with Crippen molar-refractivity contribution in [1.82, 2.24) is 9.97 Å². The second-order valence-electron chi connectivity index (χ2n) is 3.94. The fraction of sp³-hybridized carbons (Fsp3) is 0. The summed E-state index contributed by atoms with van der Waals surface area (Å²) in [6.45, 7) is 0. The molecule has 0 N–H and O–H groups in total. The standard InChI is InChI=1S/C15H9N3S2/c16-9-11(8-12-4-3-7-19-12)15-18-14(10-20-15)13-5-1-2-6-17-13/h1-8,10H/b11-8+. The number of rotatable bonds is 3. The van der Waals surface area contributed by atoms with Crippen LogP contribution < -0.4 is 0 Å². The Labute approximate surface area is 124 Å². The number of hydrogen-bond donors (Lipinski definition) is 0. The fourth-order valence-corrected chi connectivity index (χ4v) is 3.12. The van der Waals surface area contributed by atoms with Gasteiger partial charge in [-0.15, -0.1) is 22.7 Å². The molecule has 3 aromatic rings. The predicted octanol–water partition coefficient (Wildman–Crippen LogP) is 4.33. The molecule has 0 aliphatic heterocycles. The lowest BCUT2D eigenvalue weighted by molar-refractivity contribution is 1.27. The van der Waals surface area contributed by atoms with Gasteiger partial charge in [0.05, 0.1) is 11.3 Å². The van der Waals surface area contributed by atoms with Crippen LogP contribution >= 0.6 is 22.7 Å². The van der Waals surface area contributed by atoms with Crippen LogP contribution in [-0.2, 0) is 0 Å². The minimum atomic E-state index is 0.583. The van der Waals surface area contributed by atoms with E-state index in [9.17, 15) is 5.26 Å². The molecule has 0 radical (unpaired) electrons. The Morgan fingerprint density at radius 3 is 2.80 bits per heavy atom. The molecule has 3 nitrogen and oxygen atoms in total. The van der Waals surface area contributed by atoms with Crippen molar-refractivity contribution < 1.29 is 0 Å². The van der Waals surface area contributed by atoms with E-state index in [1.807, 2.05) is 47.2 Å². The second-order valence-corrected chi connectivity index (χ2v) is 5.78. The first-order chi connectivity index (χ1) is 9.86. The van der Waals surface area contributed by atoms with Crippen molar-refractivity contribution in [2.75, 3.05) is 0 Å². The number of nitriles is 1. The third-order valence-electron chi connectivity index (χ3n) is 2.61. The Morgan fingerprint density at radius 2 is 2.10 bits per heavy atom. The maximum absolute atomic E-state index is 9.30. The van der Waals surface area contributed by atoms with Gasteiger partial charge in [-0.05, 0) is 29.7 Å². The van der Waals surface area contributed by atoms with Gasteiger partial charge in [-0.1, -0.05) is 12.1 Å². The van der Waals surface area contributed by atoms with Crippen LogP contribution in [0.15, 0.2) is 47.3 Å². The molecule has 0 saturated carbocycles. The highest BCUT2D eigenvalue weighted by Crippen LogP contribution is 2.26. The molecule has 20 heavy (non-hydrogen) atoms. The van der Waals surface area contributed by atoms with Crippen LogP contribution in [0.1, 0.15) is 9.88 Å². The van der Waals surface area contributed by atoms with E-state index < -0.39 is 0 Å². The quantitative estimate of drug-likeness (QED) is 0.676. The van der Waals surface area contributed by atoms with Crippen LogP contribution in [-0.4, -0.2) is 9.97 Å². The van der Waals surface area contributed by atoms with Crippen molar-refractivity contribution in [3.05, 3.63) is 57.2 Å². The topological polar surface area (TPSA) is 49.6 Å². The van der Waals surface area contributed by atoms with Crippen LogP contribution in [0.5, 0.6) is 0 Å². The summed E-state index contributed by atoms with van der Waals surface area (Å²) < 4.78 is 0. The van der Waals surface area contributed by atoms with Gasteiger partial charge in [0.2, 0.25) is 0 Å². The monoisotopic (exact) mass is 295 g/mol. The molecule has 0 fully saturated rings. The smallest absolute Gasteiger partial charge is 0.134 e. The van der Waals surface area contributed by atoms with Gasteiger partial charge >= 0.3 is 0 Å². The molecule has 3 aromatic heterocycles. The van der Waals surface area contributed by atoms with Gasteiger partial charge in [0.1, 0.15) is 16.8 Å². The molecule has 0 unspecified atom stereocenters. The highest BCUT2D eigenvalue weighted by Gasteiger charge is 2.09. The molecular weight excluding hydrogens is 286 g/mol. The van der Waals surface area contributed by atoms with E-state index >= 15 is 0 Å². The van der Waals surface area contributed by atoms with Gasteiger partial charge in [-0.25, -0.2) is 4.98 Å². The maximum Gasteiger partial charge on any atom is 0.134 e. The molecule has 0 aliphatic carbocycles. The summed E-state index contributed by atoms with van der Waals surface area (Å²) in [6, 6.07) is 11.9. The van der Waals surface area contributed by atoms with Gasteiger partial charge in [0.25, 0.3) is 0 Å². The molecule has 0 amide bonds. The number of hydrogen-bond acceptors (Lipinski definition) is 5. The minimum Gasteiger partial charge on any atom is -0.255 e. The first-order valence-electron chi connectivity index (χ1n) is 5.89. The Bertz CT molecular complexity index is 765. The molecule has 3 heterocycles. The van der Waals surface area contributed by atoms with Gasteiger partial charge in [-0.3, -0.25) is 4.98 Å². The van der Waals surface area contributed by atoms with Crippen molar-refractivity contribution >= 4 is 34.3 Å². The summed E-state index contributed by atoms with van der Waals surface area (Å²) in [7, 11) is 0. The minimum absolute atomic E-state index is 0.583. The summed E-state index contributed by atoms with van der Waals surface area (Å²) in [5.41, 5.74) is 2.21. The molecule has 0 bridgehead atoms. The van der Waals surface area contributed by atoms with Gasteiger partial charge in [0.15, 0.2) is 0 Å². The number of allylic oxidation sites excluding steroid dienone is 1. The highest BCUT2D eigenvalue weighted by molar-refractivity contribution is 7.12. The Balaban J connectivity index is 1.95. The maximum atomic E-state index is 9.30. The third kappa shape index (κ3) is 2.67. The molecule has 3 rings (SSSR count). The molecule has 96 valence electrons. The first-order valence-corrected chi connectivity index (χ1v) is 7.65. The van der Waals surface area contributed by atoms with Crippen molar-refractivity contribution in [2.45, 2.75) is 0 Å². The normalized spacial score (nSPS) is 11.2. The molecule has 0 spiro atoms. The largest absolute Gasteiger partial charge is 0.255 e. The summed E-state index contributed by atoms with van der Waals surface area (Å²) >= 11 is 3.06. The van der Waals surface area contributed by atoms with Crippen LogP contribution in [0.2, 0.25) is 0 Å². The average molecular weight is 295 g/mol. The third-order valence-corrected chi connectivity index (χ3v) is 4.31. The predicted molar refractivity (Wildman–Crippen MR) is 83.1 cm³/mol. The number of nitrogens with zero attached hydrogens (tertiary/aromatic N) is 3. The average Bonchev–Trinajstić information content (AvgIpc) is 3.17. The molecule has 0 aliphatic rings. The van der Waals surface area contributed by atoms with Crippen LogP contribution in [0.25, 0.3) is 23.0 Å². The zero-order valence-electron chi connectivity index (χ0n) is 10.4. The van der Waals surface area contributed by atoms with E-state index in [1.165, 1.54) is 11.3 Å². The molecular formula is C15H9N3S2. The van der Waals surface area contributed by atoms with E-state index in [1.54, 1.807) is 17.5 Å². The van der Waals surface area contributed by atoms with Gasteiger partial charge < -0.3 is 0 Å². The van der Waals surface area contributed by atoms with Gasteiger partial charge in [-0.2, -0.15) is 5.26 Å². The summed E-state index contributed by atoms with van der Waals surface area (Å²) in [5.74, 6) is 0. The lowest BCUT2D eigenvalue weighted by Crippen LogP contribution is -1.84.